The Morgan fingerprint density at radius 1 is 1.41 bits per heavy atom. The van der Waals surface area contributed by atoms with Crippen molar-refractivity contribution in [2.24, 2.45) is 5.41 Å². The van der Waals surface area contributed by atoms with Crippen LogP contribution in [0.1, 0.15) is 23.8 Å². The first-order valence-corrected chi connectivity index (χ1v) is 6.18. The van der Waals surface area contributed by atoms with Crippen molar-refractivity contribution in [2.75, 3.05) is 13.2 Å². The first kappa shape index (κ1) is 12.4. The maximum Gasteiger partial charge on any atom is 0.242 e. The van der Waals surface area contributed by atoms with Crippen molar-refractivity contribution in [2.45, 2.75) is 18.2 Å². The first-order chi connectivity index (χ1) is 8.17. The summed E-state index contributed by atoms with van der Waals surface area (Å²) in [5.41, 5.74) is 0.712. The van der Waals surface area contributed by atoms with Gasteiger partial charge in [-0.2, -0.15) is 0 Å². The van der Waals surface area contributed by atoms with Crippen LogP contribution >= 0.6 is 11.6 Å². The predicted molar refractivity (Wildman–Crippen MR) is 66.8 cm³/mol. The average Bonchev–Trinajstić information content (AvgIpc) is 3.17. The first-order valence-electron chi connectivity index (χ1n) is 5.74. The van der Waals surface area contributed by atoms with E-state index in [2.05, 4.69) is 5.32 Å². The number of hydrogen-bond donors (Lipinski definition) is 2. The molecule has 0 spiro atoms. The Hall–Kier alpha value is -1.06. The third-order valence-electron chi connectivity index (χ3n) is 3.25. The van der Waals surface area contributed by atoms with Gasteiger partial charge in [0.15, 0.2) is 0 Å². The second kappa shape index (κ2) is 5.07. The van der Waals surface area contributed by atoms with Gasteiger partial charge in [0, 0.05) is 12.0 Å². The van der Waals surface area contributed by atoms with Gasteiger partial charge in [-0.25, -0.2) is 0 Å². The number of nitrogens with one attached hydrogen (secondary N) is 1. The van der Waals surface area contributed by atoms with Crippen LogP contribution < -0.4 is 5.32 Å². The highest BCUT2D eigenvalue weighted by molar-refractivity contribution is 6.30. The quantitative estimate of drug-likeness (QED) is 0.787. The van der Waals surface area contributed by atoms with Gasteiger partial charge in [-0.3, -0.25) is 4.79 Å². The molecule has 17 heavy (non-hydrogen) atoms. The van der Waals surface area contributed by atoms with Crippen molar-refractivity contribution in [3.05, 3.63) is 35.9 Å². The molecule has 1 atom stereocenters. The second-order valence-electron chi connectivity index (χ2n) is 4.65. The van der Waals surface area contributed by atoms with Gasteiger partial charge in [-0.1, -0.05) is 30.3 Å². The minimum Gasteiger partial charge on any atom is -0.396 e. The monoisotopic (exact) mass is 253 g/mol. The Bertz CT molecular complexity index is 390. The molecule has 1 amide bonds. The van der Waals surface area contributed by atoms with Gasteiger partial charge in [0.1, 0.15) is 5.38 Å². The van der Waals surface area contributed by atoms with Crippen LogP contribution in [0.4, 0.5) is 0 Å². The number of rotatable bonds is 5. The van der Waals surface area contributed by atoms with Crippen LogP contribution in [0, 0.1) is 5.41 Å². The molecule has 0 saturated heterocycles. The zero-order valence-corrected chi connectivity index (χ0v) is 10.3. The standard InChI is InChI=1S/C13H16ClNO2/c14-11(10-4-2-1-3-5-10)12(17)15-8-13(9-16)6-7-13/h1-5,11,16H,6-9H2,(H,15,17). The smallest absolute Gasteiger partial charge is 0.242 e. The second-order valence-corrected chi connectivity index (χ2v) is 5.09. The van der Waals surface area contributed by atoms with E-state index in [0.717, 1.165) is 18.4 Å². The Morgan fingerprint density at radius 3 is 2.59 bits per heavy atom. The lowest BCUT2D eigenvalue weighted by Gasteiger charge is -2.15. The van der Waals surface area contributed by atoms with Crippen LogP contribution in [0.25, 0.3) is 0 Å². The predicted octanol–water partition coefficient (Wildman–Crippen LogP) is 1.86. The summed E-state index contributed by atoms with van der Waals surface area (Å²) < 4.78 is 0. The zero-order chi connectivity index (χ0) is 12.3. The molecule has 2 N–H and O–H groups in total. The van der Waals surface area contributed by atoms with Gasteiger partial charge < -0.3 is 10.4 Å². The van der Waals surface area contributed by atoms with Crippen LogP contribution in [-0.4, -0.2) is 24.2 Å². The molecule has 0 aliphatic heterocycles. The minimum atomic E-state index is -0.661. The Kier molecular flexibility index (Phi) is 3.69. The molecule has 1 aliphatic carbocycles. The maximum atomic E-state index is 11.8. The normalized spacial score (nSPS) is 18.5. The number of aliphatic hydroxyl groups is 1. The van der Waals surface area contributed by atoms with E-state index in [-0.39, 0.29) is 17.9 Å². The van der Waals surface area contributed by atoms with Gasteiger partial charge in [0.2, 0.25) is 5.91 Å². The van der Waals surface area contributed by atoms with Crippen LogP contribution in [0.2, 0.25) is 0 Å². The molecule has 3 nitrogen and oxygen atoms in total. The lowest BCUT2D eigenvalue weighted by molar-refractivity contribution is -0.121. The van der Waals surface area contributed by atoms with E-state index in [4.69, 9.17) is 16.7 Å². The van der Waals surface area contributed by atoms with Crippen LogP contribution in [0.5, 0.6) is 0 Å². The summed E-state index contributed by atoms with van der Waals surface area (Å²) in [5, 5.41) is 11.3. The molecule has 92 valence electrons. The number of benzene rings is 1. The fourth-order valence-corrected chi connectivity index (χ4v) is 1.93. The molecular formula is C13H16ClNO2. The third-order valence-corrected chi connectivity index (χ3v) is 3.70. The number of carbonyl (C=O) groups excluding carboxylic acids is 1. The number of alkyl halides is 1. The van der Waals surface area contributed by atoms with Gasteiger partial charge in [-0.15, -0.1) is 11.6 Å². The molecule has 0 bridgehead atoms. The average molecular weight is 254 g/mol. The van der Waals surface area contributed by atoms with E-state index in [9.17, 15) is 4.79 Å². The van der Waals surface area contributed by atoms with Gasteiger partial charge in [0.05, 0.1) is 6.61 Å². The molecule has 0 aromatic heterocycles. The molecule has 1 aromatic carbocycles. The van der Waals surface area contributed by atoms with Crippen molar-refractivity contribution in [1.29, 1.82) is 0 Å². The van der Waals surface area contributed by atoms with E-state index < -0.39 is 5.38 Å². The number of hydrogen-bond acceptors (Lipinski definition) is 2. The van der Waals surface area contributed by atoms with E-state index in [1.54, 1.807) is 0 Å². The number of aliphatic hydroxyl groups excluding tert-OH is 1. The highest BCUT2D eigenvalue weighted by Gasteiger charge is 2.42. The molecule has 0 heterocycles. The Balaban J connectivity index is 1.88. The summed E-state index contributed by atoms with van der Waals surface area (Å²) in [6.07, 6.45) is 1.95. The summed E-state index contributed by atoms with van der Waals surface area (Å²) in [6, 6.07) is 9.25. The number of carbonyl (C=O) groups is 1. The largest absolute Gasteiger partial charge is 0.396 e. The molecule has 1 fully saturated rings. The molecule has 1 saturated carbocycles. The molecule has 4 heteroatoms. The summed E-state index contributed by atoms with van der Waals surface area (Å²) in [6.45, 7) is 0.643. The van der Waals surface area contributed by atoms with E-state index in [0.29, 0.717) is 6.54 Å². The number of amides is 1. The topological polar surface area (TPSA) is 49.3 Å². The SMILES string of the molecule is O=C(NCC1(CO)CC1)C(Cl)c1ccccc1. The van der Waals surface area contributed by atoms with E-state index in [1.165, 1.54) is 0 Å². The van der Waals surface area contributed by atoms with Gasteiger partial charge >= 0.3 is 0 Å². The van der Waals surface area contributed by atoms with Crippen molar-refractivity contribution in [1.82, 2.24) is 5.32 Å². The van der Waals surface area contributed by atoms with Crippen molar-refractivity contribution >= 4 is 17.5 Å². The molecule has 1 aromatic rings. The number of halogens is 1. The molecule has 0 radical (unpaired) electrons. The summed E-state index contributed by atoms with van der Waals surface area (Å²) in [5.74, 6) is -0.197. The molecule has 2 rings (SSSR count). The molecule has 1 unspecified atom stereocenters. The highest BCUT2D eigenvalue weighted by Crippen LogP contribution is 2.44. The van der Waals surface area contributed by atoms with Gasteiger partial charge in [-0.05, 0) is 18.4 Å². The summed E-state index contributed by atoms with van der Waals surface area (Å²) in [4.78, 5) is 11.8. The third kappa shape index (κ3) is 2.99. The highest BCUT2D eigenvalue weighted by atomic mass is 35.5. The Morgan fingerprint density at radius 2 is 2.06 bits per heavy atom. The van der Waals surface area contributed by atoms with Gasteiger partial charge in [0.25, 0.3) is 0 Å². The van der Waals surface area contributed by atoms with Crippen molar-refractivity contribution < 1.29 is 9.90 Å². The summed E-state index contributed by atoms with van der Waals surface area (Å²) in [7, 11) is 0. The minimum absolute atomic E-state index is 0.0804. The Labute approximate surface area is 106 Å². The van der Waals surface area contributed by atoms with E-state index >= 15 is 0 Å². The molecular weight excluding hydrogens is 238 g/mol. The zero-order valence-electron chi connectivity index (χ0n) is 9.53. The fourth-order valence-electron chi connectivity index (χ4n) is 1.71. The maximum absolute atomic E-state index is 11.8. The fraction of sp³-hybridized carbons (Fsp3) is 0.462. The van der Waals surface area contributed by atoms with Crippen molar-refractivity contribution in [3.63, 3.8) is 0 Å². The van der Waals surface area contributed by atoms with Crippen molar-refractivity contribution in [3.8, 4) is 0 Å². The van der Waals surface area contributed by atoms with Crippen LogP contribution in [0.3, 0.4) is 0 Å². The van der Waals surface area contributed by atoms with Crippen LogP contribution in [0.15, 0.2) is 30.3 Å². The molecule has 1 aliphatic rings. The lowest BCUT2D eigenvalue weighted by atomic mass is 10.1. The van der Waals surface area contributed by atoms with Crippen LogP contribution in [-0.2, 0) is 4.79 Å². The summed E-state index contributed by atoms with van der Waals surface area (Å²) >= 11 is 6.07. The lowest BCUT2D eigenvalue weighted by Crippen LogP contribution is -2.33. The van der Waals surface area contributed by atoms with E-state index in [1.807, 2.05) is 30.3 Å².